The number of nitrogens with zero attached hydrogens (tertiary/aromatic N) is 4. The molecule has 0 bridgehead atoms. The van der Waals surface area contributed by atoms with E-state index in [-0.39, 0.29) is 97.5 Å². The maximum absolute atomic E-state index is 12.9. The predicted molar refractivity (Wildman–Crippen MR) is 141 cm³/mol. The van der Waals surface area contributed by atoms with Crippen LogP contribution in [-0.2, 0) is 21.4 Å². The van der Waals surface area contributed by atoms with Gasteiger partial charge in [0.1, 0.15) is 11.4 Å². The summed E-state index contributed by atoms with van der Waals surface area (Å²) in [6.07, 6.45) is 0. The number of nitrogens with one attached hydrogen (secondary N) is 3. The molecule has 1 aromatic heterocycles. The minimum absolute atomic E-state index is 0. The summed E-state index contributed by atoms with van der Waals surface area (Å²) in [5.41, 5.74) is -1.66. The van der Waals surface area contributed by atoms with Crippen LogP contribution in [0, 0.1) is 0 Å². The zero-order chi connectivity index (χ0) is 27.4. The predicted octanol–water partition coefficient (Wildman–Crippen LogP) is -4.54. The van der Waals surface area contributed by atoms with Gasteiger partial charge in [0.2, 0.25) is 5.91 Å². The number of amides is 2. The van der Waals surface area contributed by atoms with Crippen LogP contribution >= 0.6 is 35.3 Å². The van der Waals surface area contributed by atoms with Gasteiger partial charge in [-0.15, -0.1) is 11.8 Å². The summed E-state index contributed by atoms with van der Waals surface area (Å²) in [6, 6.07) is -0.670. The molecule has 3 rings (SSSR count). The summed E-state index contributed by atoms with van der Waals surface area (Å²) >= 11 is 3.60. The molecule has 38 heavy (non-hydrogen) atoms. The molecule has 17 heteroatoms. The van der Waals surface area contributed by atoms with Crippen LogP contribution in [0.5, 0.6) is 0 Å². The number of rotatable bonds is 9. The van der Waals surface area contributed by atoms with E-state index in [0.717, 1.165) is 16.7 Å². The van der Waals surface area contributed by atoms with Crippen LogP contribution in [-0.4, -0.2) is 83.4 Å². The number of aliphatic carboxylic acids is 1. The maximum atomic E-state index is 12.9. The number of hydrogen-bond donors (Lipinski definition) is 3. The zero-order valence-corrected chi connectivity index (χ0v) is 27.5. The standard InChI is InChI=1S/C21H29N7O6S3.K/c1-9(2)22-20(23-10(3)4)36-8-12(29)24-13-17(32)28-14(19(33)34)11(6-35-18(13)28)7-37-21-25-15(30)16(31)26-27(21)5;/h9-10,13,18H,6-8H2,1-5H3,(H,22,23)(H,24,29)(H,26,31)(H,33,34);/q;+1/p-1. The molecule has 2 amide bonds. The maximum Gasteiger partial charge on any atom is 1.00 e. The third-order valence-corrected chi connectivity index (χ3v) is 8.37. The molecule has 3 heterocycles. The Labute approximate surface area is 274 Å². The second kappa shape index (κ2) is 14.5. The number of amidine groups is 1. The molecular formula is C21H28KN7O6S3. The van der Waals surface area contributed by atoms with Gasteiger partial charge in [-0.3, -0.25) is 38.9 Å². The van der Waals surface area contributed by atoms with E-state index in [4.69, 9.17) is 0 Å². The fourth-order valence-electron chi connectivity index (χ4n) is 3.47. The van der Waals surface area contributed by atoms with E-state index in [2.05, 4.69) is 25.7 Å². The molecule has 0 radical (unpaired) electrons. The van der Waals surface area contributed by atoms with Crippen LogP contribution in [0.4, 0.5) is 0 Å². The first-order valence-corrected chi connectivity index (χ1v) is 14.4. The van der Waals surface area contributed by atoms with Gasteiger partial charge in [-0.25, -0.2) is 0 Å². The smallest absolute Gasteiger partial charge is 0.543 e. The van der Waals surface area contributed by atoms with Crippen LogP contribution in [0.3, 0.4) is 0 Å². The number of hydrogen-bond acceptors (Lipinski definition) is 11. The Balaban J connectivity index is 0.00000507. The Morgan fingerprint density at radius 1 is 1.26 bits per heavy atom. The number of carboxylic acid groups (broad SMARTS) is 1. The number of carbonyl (C=O) groups is 3. The Morgan fingerprint density at radius 2 is 1.95 bits per heavy atom. The average molecular weight is 610 g/mol. The second-order valence-corrected chi connectivity index (χ2v) is 11.8. The normalized spacial score (nSPS) is 19.2. The molecule has 0 aliphatic carbocycles. The summed E-state index contributed by atoms with van der Waals surface area (Å²) in [5, 5.41) is 20.4. The van der Waals surface area contributed by atoms with Crippen molar-refractivity contribution in [3.05, 3.63) is 32.0 Å². The molecule has 2 atom stereocenters. The number of fused-ring (bicyclic) bond motifs is 1. The van der Waals surface area contributed by atoms with Crippen molar-refractivity contribution < 1.29 is 70.9 Å². The zero-order valence-electron chi connectivity index (χ0n) is 21.9. The number of H-pyrrole nitrogens is 1. The topological polar surface area (TPSA) is 182 Å². The van der Waals surface area contributed by atoms with E-state index < -0.39 is 34.4 Å². The van der Waals surface area contributed by atoms with Gasteiger partial charge in [0.25, 0.3) is 5.91 Å². The van der Waals surface area contributed by atoms with Crippen LogP contribution in [0.25, 0.3) is 0 Å². The van der Waals surface area contributed by atoms with E-state index in [9.17, 15) is 29.1 Å². The largest absolute Gasteiger partial charge is 1.00 e. The third kappa shape index (κ3) is 8.22. The van der Waals surface area contributed by atoms with Crippen molar-refractivity contribution in [2.75, 3.05) is 17.3 Å². The SMILES string of the molecule is CC(C)N=C(NC(C)C)SCC(=O)NC1C(=O)N2C(C(=O)[O-])=C(CSc3nc(=O)c(=O)[nH]n3C)CSC12.[K+]. The molecule has 3 N–H and O–H groups in total. The molecule has 2 unspecified atom stereocenters. The minimum Gasteiger partial charge on any atom is -0.543 e. The summed E-state index contributed by atoms with van der Waals surface area (Å²) in [5.74, 6) is -1.99. The summed E-state index contributed by atoms with van der Waals surface area (Å²) in [7, 11) is 1.50. The molecule has 0 saturated carbocycles. The molecule has 2 aliphatic heterocycles. The Kier molecular flexibility index (Phi) is 12.7. The van der Waals surface area contributed by atoms with E-state index >= 15 is 0 Å². The van der Waals surface area contributed by atoms with Gasteiger partial charge in [-0.05, 0) is 33.3 Å². The summed E-state index contributed by atoms with van der Waals surface area (Å²) in [4.78, 5) is 69.6. The molecule has 0 spiro atoms. The minimum atomic E-state index is -1.51. The first kappa shape index (κ1) is 33.1. The van der Waals surface area contributed by atoms with E-state index in [1.54, 1.807) is 0 Å². The first-order valence-electron chi connectivity index (χ1n) is 11.3. The van der Waals surface area contributed by atoms with Gasteiger partial charge in [0, 0.05) is 30.6 Å². The molecule has 0 aromatic carbocycles. The van der Waals surface area contributed by atoms with Gasteiger partial charge >= 0.3 is 62.5 Å². The number of thioether (sulfide) groups is 3. The second-order valence-electron chi connectivity index (χ2n) is 8.80. The number of aryl methyl sites for hydroxylation is 1. The van der Waals surface area contributed by atoms with Gasteiger partial charge < -0.3 is 20.5 Å². The van der Waals surface area contributed by atoms with Crippen molar-refractivity contribution in [2.24, 2.45) is 12.0 Å². The summed E-state index contributed by atoms with van der Waals surface area (Å²) in [6.45, 7) is 7.79. The molecule has 13 nitrogen and oxygen atoms in total. The average Bonchev–Trinajstić information content (AvgIpc) is 2.80. The number of carboxylic acids is 1. The number of aromatic nitrogens is 3. The first-order chi connectivity index (χ1) is 17.4. The molecule has 1 saturated heterocycles. The Bertz CT molecular complexity index is 1260. The van der Waals surface area contributed by atoms with E-state index in [1.807, 2.05) is 27.7 Å². The van der Waals surface area contributed by atoms with Crippen molar-refractivity contribution in [3.8, 4) is 0 Å². The number of aliphatic imine (C=N–C) groups is 1. The van der Waals surface area contributed by atoms with E-state index in [1.165, 1.54) is 35.3 Å². The molecular weight excluding hydrogens is 582 g/mol. The van der Waals surface area contributed by atoms with Crippen molar-refractivity contribution in [1.29, 1.82) is 0 Å². The van der Waals surface area contributed by atoms with Gasteiger partial charge in [0.15, 0.2) is 10.3 Å². The van der Waals surface area contributed by atoms with Crippen molar-refractivity contribution in [1.82, 2.24) is 30.3 Å². The van der Waals surface area contributed by atoms with Crippen LogP contribution in [0.1, 0.15) is 27.7 Å². The van der Waals surface area contributed by atoms with Crippen molar-refractivity contribution >= 4 is 58.2 Å². The fraction of sp³-hybridized carbons (Fsp3) is 0.571. The third-order valence-electron chi connectivity index (χ3n) is 5.01. The molecule has 2 aliphatic rings. The van der Waals surface area contributed by atoms with Gasteiger partial charge in [-0.2, -0.15) is 4.98 Å². The number of β-lactam (4-membered cyclic amide) rings is 1. The Hall–Kier alpha value is -1.08. The monoisotopic (exact) mass is 609 g/mol. The molecule has 1 fully saturated rings. The number of aromatic amines is 1. The van der Waals surface area contributed by atoms with E-state index in [0.29, 0.717) is 10.7 Å². The molecule has 1 aromatic rings. The summed E-state index contributed by atoms with van der Waals surface area (Å²) < 4.78 is 1.26. The van der Waals surface area contributed by atoms with Crippen molar-refractivity contribution in [3.63, 3.8) is 0 Å². The number of carbonyl (C=O) groups excluding carboxylic acids is 3. The quantitative estimate of drug-likeness (QED) is 0.0613. The van der Waals surface area contributed by atoms with Gasteiger partial charge in [0.05, 0.1) is 17.4 Å². The molecule has 202 valence electrons. The van der Waals surface area contributed by atoms with Crippen LogP contribution in [0.15, 0.2) is 31.0 Å². The van der Waals surface area contributed by atoms with Crippen molar-refractivity contribution in [2.45, 2.75) is 56.4 Å². The Morgan fingerprint density at radius 3 is 2.55 bits per heavy atom. The van der Waals surface area contributed by atoms with Crippen LogP contribution < -0.4 is 78.2 Å². The fourth-order valence-corrected chi connectivity index (χ4v) is 6.83. The van der Waals surface area contributed by atoms with Gasteiger partial charge in [-0.1, -0.05) is 23.5 Å². The van der Waals surface area contributed by atoms with Crippen LogP contribution in [0.2, 0.25) is 0 Å².